The molecule has 1 aromatic rings. The van der Waals surface area contributed by atoms with Crippen molar-refractivity contribution in [3.8, 4) is 5.75 Å². The molecule has 1 unspecified atom stereocenters. The van der Waals surface area contributed by atoms with Crippen LogP contribution in [0.15, 0.2) is 12.1 Å². The molecule has 1 heterocycles. The Labute approximate surface area is 111 Å². The Kier molecular flexibility index (Phi) is 4.09. The molecule has 98 valence electrons. The lowest BCUT2D eigenvalue weighted by atomic mass is 9.97. The van der Waals surface area contributed by atoms with Crippen molar-refractivity contribution in [2.45, 2.75) is 25.8 Å². The first-order valence-electron chi connectivity index (χ1n) is 5.92. The van der Waals surface area contributed by atoms with Gasteiger partial charge < -0.3 is 14.3 Å². The molecule has 5 heteroatoms. The summed E-state index contributed by atoms with van der Waals surface area (Å²) in [5.74, 6) is 0.173. The van der Waals surface area contributed by atoms with Gasteiger partial charge in [0.25, 0.3) is 0 Å². The molecule has 0 aliphatic carbocycles. The van der Waals surface area contributed by atoms with Gasteiger partial charge in [-0.05, 0) is 32.4 Å². The molecule has 1 saturated heterocycles. The molecule has 0 saturated carbocycles. The van der Waals surface area contributed by atoms with Crippen molar-refractivity contribution in [3.63, 3.8) is 0 Å². The second kappa shape index (κ2) is 5.59. The first-order valence-corrected chi connectivity index (χ1v) is 6.23. The molecule has 1 aromatic carbocycles. The van der Waals surface area contributed by atoms with Crippen LogP contribution in [-0.4, -0.2) is 19.6 Å². The number of rotatable bonds is 3. The van der Waals surface area contributed by atoms with Gasteiger partial charge in [-0.15, -0.1) is 0 Å². The zero-order chi connectivity index (χ0) is 13.1. The van der Waals surface area contributed by atoms with Crippen molar-refractivity contribution >= 4 is 17.8 Å². The van der Waals surface area contributed by atoms with Crippen LogP contribution in [0.3, 0.4) is 0 Å². The molecule has 18 heavy (non-hydrogen) atoms. The Bertz CT molecular complexity index is 456. The fourth-order valence-electron chi connectivity index (χ4n) is 2.47. The Hall–Kier alpha value is -1.26. The van der Waals surface area contributed by atoms with Gasteiger partial charge in [0.2, 0.25) is 0 Å². The predicted octanol–water partition coefficient (Wildman–Crippen LogP) is 2.74. The number of hydrogen-bond donors (Lipinski definition) is 1. The van der Waals surface area contributed by atoms with Crippen LogP contribution in [0.4, 0.5) is 0 Å². The van der Waals surface area contributed by atoms with E-state index in [1.54, 1.807) is 13.2 Å². The highest BCUT2D eigenvalue weighted by Gasteiger charge is 2.23. The van der Waals surface area contributed by atoms with Crippen LogP contribution >= 0.6 is 11.9 Å². The van der Waals surface area contributed by atoms with E-state index in [1.807, 2.05) is 13.0 Å². The number of nitrogens with one attached hydrogen (secondary N) is 1. The molecule has 1 fully saturated rings. The highest BCUT2D eigenvalue weighted by molar-refractivity contribution is 6.16. The van der Waals surface area contributed by atoms with Crippen LogP contribution in [0.1, 0.15) is 40.4 Å². The lowest BCUT2D eigenvalue weighted by Gasteiger charge is -2.18. The van der Waals surface area contributed by atoms with E-state index in [0.29, 0.717) is 11.6 Å². The third-order valence-corrected chi connectivity index (χ3v) is 3.51. The summed E-state index contributed by atoms with van der Waals surface area (Å²) in [6.07, 6.45) is 2.23. The molecule has 4 nitrogen and oxygen atoms in total. The first-order chi connectivity index (χ1) is 8.69. The van der Waals surface area contributed by atoms with Gasteiger partial charge in [-0.3, -0.25) is 0 Å². The third kappa shape index (κ3) is 2.31. The summed E-state index contributed by atoms with van der Waals surface area (Å²) in [4.78, 5) is 11.5. The standard InChI is InChI=1S/C13H16ClNO3/c1-8-9(13(16)18-14)5-6-10(12(8)17-2)11-4-3-7-15-11/h5-6,11,15H,3-4,7H2,1-2H3. The van der Waals surface area contributed by atoms with Crippen molar-refractivity contribution in [2.75, 3.05) is 13.7 Å². The van der Waals surface area contributed by atoms with E-state index >= 15 is 0 Å². The summed E-state index contributed by atoms with van der Waals surface area (Å²) < 4.78 is 9.68. The molecule has 0 spiro atoms. The molecule has 0 aromatic heterocycles. The zero-order valence-corrected chi connectivity index (χ0v) is 11.2. The van der Waals surface area contributed by atoms with Gasteiger partial charge in [-0.2, -0.15) is 0 Å². The van der Waals surface area contributed by atoms with E-state index in [2.05, 4.69) is 9.61 Å². The predicted molar refractivity (Wildman–Crippen MR) is 69.0 cm³/mol. The first kappa shape index (κ1) is 13.2. The molecule has 0 amide bonds. The Balaban J connectivity index is 2.43. The van der Waals surface area contributed by atoms with E-state index in [1.165, 1.54) is 0 Å². The van der Waals surface area contributed by atoms with Crippen molar-refractivity contribution < 1.29 is 13.8 Å². The monoisotopic (exact) mass is 269 g/mol. The SMILES string of the molecule is COc1c(C2CCCN2)ccc(C(=O)OCl)c1C. The number of carbonyl (C=O) groups excluding carboxylic acids is 1. The van der Waals surface area contributed by atoms with E-state index in [9.17, 15) is 4.79 Å². The summed E-state index contributed by atoms with van der Waals surface area (Å²) in [6.45, 7) is 2.85. The summed E-state index contributed by atoms with van der Waals surface area (Å²) in [6, 6.07) is 3.93. The molecule has 1 aliphatic rings. The van der Waals surface area contributed by atoms with Gasteiger partial charge in [0.15, 0.2) is 0 Å². The summed E-state index contributed by atoms with van der Waals surface area (Å²) in [7, 11) is 1.61. The van der Waals surface area contributed by atoms with Crippen molar-refractivity contribution in [2.24, 2.45) is 0 Å². The van der Waals surface area contributed by atoms with Gasteiger partial charge in [0.1, 0.15) is 17.6 Å². The van der Waals surface area contributed by atoms with E-state index in [-0.39, 0.29) is 0 Å². The minimum Gasteiger partial charge on any atom is -0.496 e. The zero-order valence-electron chi connectivity index (χ0n) is 10.5. The lowest BCUT2D eigenvalue weighted by Crippen LogP contribution is -2.15. The van der Waals surface area contributed by atoms with E-state index < -0.39 is 5.97 Å². The third-order valence-electron chi connectivity index (χ3n) is 3.37. The lowest BCUT2D eigenvalue weighted by molar-refractivity contribution is 0.0750. The van der Waals surface area contributed by atoms with Crippen LogP contribution in [-0.2, 0) is 4.29 Å². The molecular weight excluding hydrogens is 254 g/mol. The Morgan fingerprint density at radius 1 is 1.50 bits per heavy atom. The summed E-state index contributed by atoms with van der Waals surface area (Å²) >= 11 is 5.12. The molecule has 2 rings (SSSR count). The molecule has 0 radical (unpaired) electrons. The van der Waals surface area contributed by atoms with Crippen LogP contribution < -0.4 is 10.1 Å². The average molecular weight is 270 g/mol. The number of carbonyl (C=O) groups is 1. The summed E-state index contributed by atoms with van der Waals surface area (Å²) in [5, 5.41) is 3.42. The maximum Gasteiger partial charge on any atom is 0.356 e. The fraction of sp³-hybridized carbons (Fsp3) is 0.462. The Morgan fingerprint density at radius 3 is 2.83 bits per heavy atom. The second-order valence-electron chi connectivity index (χ2n) is 4.37. The fourth-order valence-corrected chi connectivity index (χ4v) is 2.55. The van der Waals surface area contributed by atoms with Crippen LogP contribution in [0.25, 0.3) is 0 Å². The number of methoxy groups -OCH3 is 1. The second-order valence-corrected chi connectivity index (χ2v) is 4.53. The smallest absolute Gasteiger partial charge is 0.356 e. The maximum atomic E-state index is 11.5. The van der Waals surface area contributed by atoms with Gasteiger partial charge in [0.05, 0.1) is 12.7 Å². The van der Waals surface area contributed by atoms with Crippen molar-refractivity contribution in [3.05, 3.63) is 28.8 Å². The summed E-state index contributed by atoms with van der Waals surface area (Å²) in [5.41, 5.74) is 2.27. The number of hydrogen-bond acceptors (Lipinski definition) is 4. The minimum absolute atomic E-state index is 0.291. The van der Waals surface area contributed by atoms with Crippen molar-refractivity contribution in [1.82, 2.24) is 5.32 Å². The van der Waals surface area contributed by atoms with Gasteiger partial charge in [-0.1, -0.05) is 6.07 Å². The number of halogens is 1. The largest absolute Gasteiger partial charge is 0.496 e. The minimum atomic E-state index is -0.557. The molecule has 1 N–H and O–H groups in total. The average Bonchev–Trinajstić information content (AvgIpc) is 2.91. The molecular formula is C13H16ClNO3. The van der Waals surface area contributed by atoms with Crippen LogP contribution in [0.2, 0.25) is 0 Å². The van der Waals surface area contributed by atoms with Gasteiger partial charge >= 0.3 is 5.97 Å². The number of ether oxygens (including phenoxy) is 1. The molecule has 0 bridgehead atoms. The van der Waals surface area contributed by atoms with E-state index in [0.717, 1.165) is 36.3 Å². The highest BCUT2D eigenvalue weighted by Crippen LogP contribution is 2.35. The van der Waals surface area contributed by atoms with Gasteiger partial charge in [-0.25, -0.2) is 4.79 Å². The number of benzene rings is 1. The molecule has 1 atom stereocenters. The van der Waals surface area contributed by atoms with Crippen molar-refractivity contribution in [1.29, 1.82) is 0 Å². The van der Waals surface area contributed by atoms with Gasteiger partial charge in [0, 0.05) is 17.2 Å². The van der Waals surface area contributed by atoms with Crippen LogP contribution in [0.5, 0.6) is 5.75 Å². The maximum absolute atomic E-state index is 11.5. The quantitative estimate of drug-likeness (QED) is 0.917. The highest BCUT2D eigenvalue weighted by atomic mass is 35.5. The molecule has 1 aliphatic heterocycles. The van der Waals surface area contributed by atoms with E-state index in [4.69, 9.17) is 16.6 Å². The normalized spacial score (nSPS) is 18.7. The van der Waals surface area contributed by atoms with Crippen LogP contribution in [0, 0.1) is 6.92 Å². The Morgan fingerprint density at radius 2 is 2.28 bits per heavy atom. The topological polar surface area (TPSA) is 47.6 Å².